The zero-order chi connectivity index (χ0) is 12.1. The van der Waals surface area contributed by atoms with Gasteiger partial charge in [0.15, 0.2) is 0 Å². The standard InChI is InChI=1S/C13H15NO2S/c1-2-15-13-8-11(5-6-12(13)14)17-9-10-4-3-7-16-10/h3-8H,2,9,14H2,1H3. The number of thioether (sulfide) groups is 1. The molecule has 0 unspecified atom stereocenters. The average molecular weight is 249 g/mol. The molecule has 2 N–H and O–H groups in total. The Morgan fingerprint density at radius 2 is 2.24 bits per heavy atom. The Balaban J connectivity index is 2.03. The first-order valence-electron chi connectivity index (χ1n) is 5.47. The number of benzene rings is 1. The van der Waals surface area contributed by atoms with E-state index in [1.807, 2.05) is 37.3 Å². The molecule has 0 amide bonds. The molecule has 0 fully saturated rings. The molecule has 4 heteroatoms. The number of anilines is 1. The van der Waals surface area contributed by atoms with Crippen molar-refractivity contribution in [3.8, 4) is 5.75 Å². The monoisotopic (exact) mass is 249 g/mol. The van der Waals surface area contributed by atoms with Gasteiger partial charge in [-0.05, 0) is 37.3 Å². The second kappa shape index (κ2) is 5.68. The van der Waals surface area contributed by atoms with Crippen LogP contribution in [-0.2, 0) is 5.75 Å². The molecule has 17 heavy (non-hydrogen) atoms. The third-order valence-corrected chi connectivity index (χ3v) is 3.26. The fourth-order valence-corrected chi connectivity index (χ4v) is 2.26. The highest BCUT2D eigenvalue weighted by atomic mass is 32.2. The van der Waals surface area contributed by atoms with Crippen molar-refractivity contribution in [1.29, 1.82) is 0 Å². The highest BCUT2D eigenvalue weighted by Crippen LogP contribution is 2.30. The summed E-state index contributed by atoms with van der Waals surface area (Å²) in [6, 6.07) is 9.69. The molecule has 1 heterocycles. The molecular formula is C13H15NO2S. The van der Waals surface area contributed by atoms with E-state index in [4.69, 9.17) is 14.9 Å². The first kappa shape index (κ1) is 11.9. The SMILES string of the molecule is CCOc1cc(SCc2ccco2)ccc1N. The zero-order valence-corrected chi connectivity index (χ0v) is 10.5. The average Bonchev–Trinajstić information content (AvgIpc) is 2.83. The van der Waals surface area contributed by atoms with E-state index in [-0.39, 0.29) is 0 Å². The molecule has 0 bridgehead atoms. The van der Waals surface area contributed by atoms with Gasteiger partial charge < -0.3 is 14.9 Å². The molecule has 2 aromatic rings. The molecule has 0 saturated heterocycles. The highest BCUT2D eigenvalue weighted by Gasteiger charge is 2.03. The van der Waals surface area contributed by atoms with Crippen LogP contribution < -0.4 is 10.5 Å². The van der Waals surface area contributed by atoms with Crippen molar-refractivity contribution in [2.24, 2.45) is 0 Å². The van der Waals surface area contributed by atoms with Crippen molar-refractivity contribution in [1.82, 2.24) is 0 Å². The molecule has 0 aliphatic heterocycles. The predicted molar refractivity (Wildman–Crippen MR) is 70.3 cm³/mol. The fourth-order valence-electron chi connectivity index (χ4n) is 1.43. The summed E-state index contributed by atoms with van der Waals surface area (Å²) in [6.45, 7) is 2.57. The number of hydrogen-bond acceptors (Lipinski definition) is 4. The number of rotatable bonds is 5. The number of nitrogen functional groups attached to an aromatic ring is 1. The van der Waals surface area contributed by atoms with E-state index in [1.165, 1.54) is 0 Å². The van der Waals surface area contributed by atoms with Gasteiger partial charge in [-0.25, -0.2) is 0 Å². The summed E-state index contributed by atoms with van der Waals surface area (Å²) in [5, 5.41) is 0. The topological polar surface area (TPSA) is 48.4 Å². The molecule has 0 aliphatic rings. The van der Waals surface area contributed by atoms with Gasteiger partial charge in [0.1, 0.15) is 11.5 Å². The van der Waals surface area contributed by atoms with E-state index < -0.39 is 0 Å². The molecule has 2 rings (SSSR count). The Morgan fingerprint density at radius 1 is 1.35 bits per heavy atom. The fraction of sp³-hybridized carbons (Fsp3) is 0.231. The summed E-state index contributed by atoms with van der Waals surface area (Å²) in [4.78, 5) is 1.12. The van der Waals surface area contributed by atoms with Crippen molar-refractivity contribution < 1.29 is 9.15 Å². The van der Waals surface area contributed by atoms with Crippen LogP contribution in [0.25, 0.3) is 0 Å². The molecule has 90 valence electrons. The quantitative estimate of drug-likeness (QED) is 0.650. The van der Waals surface area contributed by atoms with Crippen molar-refractivity contribution in [2.75, 3.05) is 12.3 Å². The second-order valence-corrected chi connectivity index (χ2v) is 4.55. The van der Waals surface area contributed by atoms with Gasteiger partial charge in [0.05, 0.1) is 24.3 Å². The summed E-state index contributed by atoms with van der Waals surface area (Å²) >= 11 is 1.70. The minimum absolute atomic E-state index is 0.622. The van der Waals surface area contributed by atoms with Crippen LogP contribution in [0.1, 0.15) is 12.7 Å². The van der Waals surface area contributed by atoms with Crippen LogP contribution in [0.15, 0.2) is 45.9 Å². The van der Waals surface area contributed by atoms with Crippen LogP contribution in [0.4, 0.5) is 5.69 Å². The van der Waals surface area contributed by atoms with E-state index in [1.54, 1.807) is 18.0 Å². The van der Waals surface area contributed by atoms with Crippen molar-refractivity contribution in [2.45, 2.75) is 17.6 Å². The van der Waals surface area contributed by atoms with Gasteiger partial charge in [0, 0.05) is 4.90 Å². The molecule has 0 radical (unpaired) electrons. The lowest BCUT2D eigenvalue weighted by Crippen LogP contribution is -1.96. The third-order valence-electron chi connectivity index (χ3n) is 2.25. The number of furan rings is 1. The lowest BCUT2D eigenvalue weighted by molar-refractivity contribution is 0.341. The van der Waals surface area contributed by atoms with E-state index >= 15 is 0 Å². The minimum atomic E-state index is 0.622. The molecule has 1 aromatic heterocycles. The van der Waals surface area contributed by atoms with E-state index in [0.717, 1.165) is 22.2 Å². The van der Waals surface area contributed by atoms with Gasteiger partial charge in [-0.2, -0.15) is 0 Å². The van der Waals surface area contributed by atoms with Crippen molar-refractivity contribution in [3.63, 3.8) is 0 Å². The molecular weight excluding hydrogens is 234 g/mol. The molecule has 0 spiro atoms. The predicted octanol–water partition coefficient (Wildman–Crippen LogP) is 3.55. The van der Waals surface area contributed by atoms with Crippen LogP contribution in [-0.4, -0.2) is 6.61 Å². The maximum Gasteiger partial charge on any atom is 0.143 e. The molecule has 3 nitrogen and oxygen atoms in total. The first-order valence-corrected chi connectivity index (χ1v) is 6.45. The minimum Gasteiger partial charge on any atom is -0.492 e. The summed E-state index contributed by atoms with van der Waals surface area (Å²) in [6.07, 6.45) is 1.69. The number of ether oxygens (including phenoxy) is 1. The van der Waals surface area contributed by atoms with Gasteiger partial charge in [-0.1, -0.05) is 0 Å². The Hall–Kier alpha value is -1.55. The van der Waals surface area contributed by atoms with Crippen LogP contribution in [0, 0.1) is 0 Å². The zero-order valence-electron chi connectivity index (χ0n) is 9.68. The van der Waals surface area contributed by atoms with Crippen molar-refractivity contribution >= 4 is 17.4 Å². The lowest BCUT2D eigenvalue weighted by atomic mass is 10.3. The largest absolute Gasteiger partial charge is 0.492 e. The summed E-state index contributed by atoms with van der Waals surface area (Å²) in [5.74, 6) is 2.52. The van der Waals surface area contributed by atoms with Gasteiger partial charge >= 0.3 is 0 Å². The summed E-state index contributed by atoms with van der Waals surface area (Å²) < 4.78 is 10.7. The van der Waals surface area contributed by atoms with Crippen molar-refractivity contribution in [3.05, 3.63) is 42.4 Å². The maximum absolute atomic E-state index is 5.81. The molecule has 0 atom stereocenters. The van der Waals surface area contributed by atoms with Gasteiger partial charge in [-0.15, -0.1) is 11.8 Å². The van der Waals surface area contributed by atoms with E-state index in [9.17, 15) is 0 Å². The van der Waals surface area contributed by atoms with E-state index in [0.29, 0.717) is 12.3 Å². The number of nitrogens with two attached hydrogens (primary N) is 1. The summed E-state index contributed by atoms with van der Waals surface area (Å²) in [7, 11) is 0. The Bertz CT molecular complexity index is 468. The molecule has 0 saturated carbocycles. The van der Waals surface area contributed by atoms with Crippen LogP contribution in [0.5, 0.6) is 5.75 Å². The second-order valence-electron chi connectivity index (χ2n) is 3.50. The van der Waals surface area contributed by atoms with Gasteiger partial charge in [0.2, 0.25) is 0 Å². The normalized spacial score (nSPS) is 10.4. The smallest absolute Gasteiger partial charge is 0.143 e. The molecule has 1 aromatic carbocycles. The van der Waals surface area contributed by atoms with Crippen LogP contribution in [0.3, 0.4) is 0 Å². The Morgan fingerprint density at radius 3 is 2.94 bits per heavy atom. The maximum atomic E-state index is 5.81. The first-order chi connectivity index (χ1) is 8.29. The van der Waals surface area contributed by atoms with Crippen LogP contribution >= 0.6 is 11.8 Å². The highest BCUT2D eigenvalue weighted by molar-refractivity contribution is 7.98. The van der Waals surface area contributed by atoms with Crippen LogP contribution in [0.2, 0.25) is 0 Å². The van der Waals surface area contributed by atoms with E-state index in [2.05, 4.69) is 0 Å². The Kier molecular flexibility index (Phi) is 3.98. The number of hydrogen-bond donors (Lipinski definition) is 1. The molecule has 0 aliphatic carbocycles. The third kappa shape index (κ3) is 3.20. The Labute approximate surface area is 105 Å². The summed E-state index contributed by atoms with van der Waals surface area (Å²) in [5.41, 5.74) is 6.49. The lowest BCUT2D eigenvalue weighted by Gasteiger charge is -2.08. The van der Waals surface area contributed by atoms with Gasteiger partial charge in [0.25, 0.3) is 0 Å². The van der Waals surface area contributed by atoms with Gasteiger partial charge in [-0.3, -0.25) is 0 Å².